The molecule has 7 heteroatoms. The zero-order chi connectivity index (χ0) is 19.5. The molecule has 2 bridgehead atoms. The van der Waals surface area contributed by atoms with E-state index in [1.165, 1.54) is 0 Å². The van der Waals surface area contributed by atoms with Gasteiger partial charge in [-0.1, -0.05) is 22.0 Å². The van der Waals surface area contributed by atoms with Crippen LogP contribution < -0.4 is 20.3 Å². The van der Waals surface area contributed by atoms with Crippen molar-refractivity contribution in [2.45, 2.75) is 44.0 Å². The monoisotopic (exact) mass is 441 g/mol. The maximum Gasteiger partial charge on any atom is 0.325 e. The van der Waals surface area contributed by atoms with Gasteiger partial charge in [0.25, 0.3) is 5.91 Å². The number of nitrogens with one attached hydrogen (secondary N) is 2. The molecule has 2 atom stereocenters. The molecule has 2 unspecified atom stereocenters. The molecule has 3 aliphatic rings. The van der Waals surface area contributed by atoms with Crippen LogP contribution in [0.15, 0.2) is 46.9 Å². The smallest absolute Gasteiger partial charge is 0.325 e. The van der Waals surface area contributed by atoms with E-state index < -0.39 is 5.72 Å². The van der Waals surface area contributed by atoms with Gasteiger partial charge in [0.05, 0.1) is 11.7 Å². The number of hydrogen-bond acceptors (Lipinski definition) is 3. The van der Waals surface area contributed by atoms with E-state index in [9.17, 15) is 9.59 Å². The van der Waals surface area contributed by atoms with Crippen molar-refractivity contribution in [3.05, 3.63) is 58.1 Å². The predicted octanol–water partition coefficient (Wildman–Crippen LogP) is 4.11. The SMILES string of the molecule is CC12CC(NC(=O)N1c1cccc(C(=O)NC3CC3)c1)c1cc(Br)ccc1O2. The van der Waals surface area contributed by atoms with Gasteiger partial charge in [0.15, 0.2) is 5.72 Å². The third-order valence-electron chi connectivity index (χ3n) is 5.51. The fraction of sp³-hybridized carbons (Fsp3) is 0.333. The number of benzene rings is 2. The third-order valence-corrected chi connectivity index (χ3v) is 6.01. The number of fused-ring (bicyclic) bond motifs is 4. The van der Waals surface area contributed by atoms with Crippen molar-refractivity contribution < 1.29 is 14.3 Å². The fourth-order valence-corrected chi connectivity index (χ4v) is 4.40. The number of halogens is 1. The largest absolute Gasteiger partial charge is 0.467 e. The lowest BCUT2D eigenvalue weighted by molar-refractivity contribution is 0.0378. The number of hydrogen-bond donors (Lipinski definition) is 2. The number of nitrogens with zero attached hydrogens (tertiary/aromatic N) is 1. The Morgan fingerprint density at radius 1 is 1.29 bits per heavy atom. The molecule has 2 aromatic carbocycles. The van der Waals surface area contributed by atoms with Crippen molar-refractivity contribution in [2.24, 2.45) is 0 Å². The van der Waals surface area contributed by atoms with Gasteiger partial charge < -0.3 is 15.4 Å². The number of carbonyl (C=O) groups excluding carboxylic acids is 2. The van der Waals surface area contributed by atoms with Crippen molar-refractivity contribution in [3.8, 4) is 5.75 Å². The van der Waals surface area contributed by atoms with Crippen LogP contribution in [0.25, 0.3) is 0 Å². The average Bonchev–Trinajstić information content (AvgIpc) is 3.46. The molecular weight excluding hydrogens is 422 g/mol. The Morgan fingerprint density at radius 2 is 2.11 bits per heavy atom. The molecule has 28 heavy (non-hydrogen) atoms. The Bertz CT molecular complexity index is 991. The summed E-state index contributed by atoms with van der Waals surface area (Å²) in [4.78, 5) is 27.0. The fourth-order valence-electron chi connectivity index (χ4n) is 4.02. The molecule has 0 radical (unpaired) electrons. The second kappa shape index (κ2) is 6.24. The minimum atomic E-state index is -0.834. The molecule has 2 fully saturated rings. The van der Waals surface area contributed by atoms with Gasteiger partial charge in [-0.2, -0.15) is 0 Å². The van der Waals surface area contributed by atoms with E-state index in [0.717, 1.165) is 28.6 Å². The molecule has 1 saturated carbocycles. The molecule has 2 aliphatic heterocycles. The van der Waals surface area contributed by atoms with Crippen LogP contribution in [0.3, 0.4) is 0 Å². The number of urea groups is 1. The lowest BCUT2D eigenvalue weighted by Gasteiger charge is -2.50. The van der Waals surface area contributed by atoms with Gasteiger partial charge in [0, 0.05) is 28.1 Å². The van der Waals surface area contributed by atoms with Gasteiger partial charge >= 0.3 is 6.03 Å². The summed E-state index contributed by atoms with van der Waals surface area (Å²) in [6.45, 7) is 1.92. The normalized spacial score (nSPS) is 25.4. The van der Waals surface area contributed by atoms with Crippen LogP contribution in [0.5, 0.6) is 5.75 Å². The van der Waals surface area contributed by atoms with Crippen LogP contribution in [-0.4, -0.2) is 23.7 Å². The molecule has 1 saturated heterocycles. The van der Waals surface area contributed by atoms with Crippen molar-refractivity contribution in [1.29, 1.82) is 0 Å². The number of rotatable bonds is 3. The van der Waals surface area contributed by atoms with E-state index in [-0.39, 0.29) is 24.0 Å². The van der Waals surface area contributed by atoms with E-state index >= 15 is 0 Å². The highest BCUT2D eigenvalue weighted by Gasteiger charge is 2.50. The van der Waals surface area contributed by atoms with Gasteiger partial charge in [0.1, 0.15) is 5.75 Å². The second-order valence-electron chi connectivity index (χ2n) is 7.80. The lowest BCUT2D eigenvalue weighted by Crippen LogP contribution is -2.65. The summed E-state index contributed by atoms with van der Waals surface area (Å²) in [5, 5.41) is 6.07. The summed E-state index contributed by atoms with van der Waals surface area (Å²) in [7, 11) is 0. The van der Waals surface area contributed by atoms with E-state index in [1.807, 2.05) is 31.2 Å². The molecule has 2 heterocycles. The first kappa shape index (κ1) is 17.6. The zero-order valence-electron chi connectivity index (χ0n) is 15.4. The van der Waals surface area contributed by atoms with Crippen LogP contribution in [-0.2, 0) is 0 Å². The van der Waals surface area contributed by atoms with Crippen LogP contribution >= 0.6 is 15.9 Å². The molecule has 2 N–H and O–H groups in total. The molecule has 0 spiro atoms. The summed E-state index contributed by atoms with van der Waals surface area (Å²) < 4.78 is 7.25. The number of amides is 3. The van der Waals surface area contributed by atoms with Crippen LogP contribution in [0.2, 0.25) is 0 Å². The summed E-state index contributed by atoms with van der Waals surface area (Å²) in [6.07, 6.45) is 2.67. The Balaban J connectivity index is 1.50. The van der Waals surface area contributed by atoms with E-state index in [2.05, 4.69) is 26.6 Å². The molecule has 2 aromatic rings. The minimum absolute atomic E-state index is 0.107. The van der Waals surface area contributed by atoms with Gasteiger partial charge in [-0.05, 0) is 56.2 Å². The number of carbonyl (C=O) groups is 2. The first-order valence-corrected chi connectivity index (χ1v) is 10.2. The molecule has 1 aliphatic carbocycles. The first-order valence-electron chi connectivity index (χ1n) is 9.43. The Hall–Kier alpha value is -2.54. The van der Waals surface area contributed by atoms with Crippen LogP contribution in [0, 0.1) is 0 Å². The Labute approximate surface area is 171 Å². The van der Waals surface area contributed by atoms with E-state index in [0.29, 0.717) is 17.7 Å². The van der Waals surface area contributed by atoms with Crippen molar-refractivity contribution in [1.82, 2.24) is 10.6 Å². The molecular formula is C21H20BrN3O3. The number of ether oxygens (including phenoxy) is 1. The van der Waals surface area contributed by atoms with Gasteiger partial charge in [0.2, 0.25) is 0 Å². The first-order chi connectivity index (χ1) is 13.4. The maximum atomic E-state index is 13.0. The van der Waals surface area contributed by atoms with Crippen LogP contribution in [0.4, 0.5) is 10.5 Å². The van der Waals surface area contributed by atoms with Crippen LogP contribution in [0.1, 0.15) is 48.1 Å². The average molecular weight is 442 g/mol. The number of anilines is 1. The molecule has 3 amide bonds. The topological polar surface area (TPSA) is 70.7 Å². The van der Waals surface area contributed by atoms with Gasteiger partial charge in [-0.15, -0.1) is 0 Å². The van der Waals surface area contributed by atoms with Crippen molar-refractivity contribution >= 4 is 33.6 Å². The van der Waals surface area contributed by atoms with E-state index in [1.54, 1.807) is 23.1 Å². The maximum absolute atomic E-state index is 13.0. The van der Waals surface area contributed by atoms with Gasteiger partial charge in [-0.25, -0.2) is 4.79 Å². The minimum Gasteiger partial charge on any atom is -0.467 e. The van der Waals surface area contributed by atoms with Crippen molar-refractivity contribution in [3.63, 3.8) is 0 Å². The quantitative estimate of drug-likeness (QED) is 0.752. The van der Waals surface area contributed by atoms with Gasteiger partial charge in [-0.3, -0.25) is 9.69 Å². The highest BCUT2D eigenvalue weighted by Crippen LogP contribution is 2.46. The Morgan fingerprint density at radius 3 is 2.89 bits per heavy atom. The highest BCUT2D eigenvalue weighted by molar-refractivity contribution is 9.10. The zero-order valence-corrected chi connectivity index (χ0v) is 17.0. The Kier molecular flexibility index (Phi) is 3.91. The lowest BCUT2D eigenvalue weighted by atomic mass is 9.90. The van der Waals surface area contributed by atoms with Crippen molar-refractivity contribution in [2.75, 3.05) is 4.90 Å². The predicted molar refractivity (Wildman–Crippen MR) is 108 cm³/mol. The second-order valence-corrected chi connectivity index (χ2v) is 8.71. The third kappa shape index (κ3) is 2.94. The standard InChI is InChI=1S/C21H20BrN3O3/c1-21-11-17(16-10-13(22)5-8-18(16)28-21)24-20(27)25(21)15-4-2-3-12(9-15)19(26)23-14-6-7-14/h2-5,8-10,14,17H,6-7,11H2,1H3,(H,23,26)(H,24,27). The summed E-state index contributed by atoms with van der Waals surface area (Å²) in [5.41, 5.74) is 1.32. The highest BCUT2D eigenvalue weighted by atomic mass is 79.9. The summed E-state index contributed by atoms with van der Waals surface area (Å²) in [6, 6.07) is 12.9. The molecule has 144 valence electrons. The molecule has 6 nitrogen and oxygen atoms in total. The summed E-state index contributed by atoms with van der Waals surface area (Å²) in [5.74, 6) is 0.652. The molecule has 5 rings (SSSR count). The van der Waals surface area contributed by atoms with E-state index in [4.69, 9.17) is 4.74 Å². The summed E-state index contributed by atoms with van der Waals surface area (Å²) >= 11 is 3.48. The molecule has 0 aromatic heterocycles.